The molecule has 0 radical (unpaired) electrons. The van der Waals surface area contributed by atoms with Crippen molar-refractivity contribution in [3.63, 3.8) is 0 Å². The summed E-state index contributed by atoms with van der Waals surface area (Å²) in [7, 11) is 0. The predicted octanol–water partition coefficient (Wildman–Crippen LogP) is 1.55. The van der Waals surface area contributed by atoms with Gasteiger partial charge in [0.25, 0.3) is 0 Å². The normalized spacial score (nSPS) is 15.4. The van der Waals surface area contributed by atoms with Gasteiger partial charge in [0.15, 0.2) is 0 Å². The quantitative estimate of drug-likeness (QED) is 0.779. The number of nitrogens with one attached hydrogen (secondary N) is 1. The Morgan fingerprint density at radius 1 is 1.36 bits per heavy atom. The van der Waals surface area contributed by atoms with Gasteiger partial charge in [-0.05, 0) is 25.3 Å². The van der Waals surface area contributed by atoms with Crippen LogP contribution >= 0.6 is 12.4 Å². The molecule has 1 aromatic carbocycles. The molecule has 0 aromatic heterocycles. The predicted molar refractivity (Wildman–Crippen MR) is 88.8 cm³/mol. The van der Waals surface area contributed by atoms with Crippen molar-refractivity contribution >= 4 is 24.2 Å². The maximum atomic E-state index is 12.0. The first-order valence-electron chi connectivity index (χ1n) is 7.45. The maximum absolute atomic E-state index is 12.0. The largest absolute Gasteiger partial charge is 0.354 e. The summed E-state index contributed by atoms with van der Waals surface area (Å²) in [6.45, 7) is 4.09. The Hall–Kier alpha value is -1.59. The molecule has 0 bridgehead atoms. The van der Waals surface area contributed by atoms with Gasteiger partial charge in [-0.25, -0.2) is 0 Å². The van der Waals surface area contributed by atoms with Crippen LogP contribution in [0.5, 0.6) is 0 Å². The van der Waals surface area contributed by atoms with E-state index < -0.39 is 6.04 Å². The lowest BCUT2D eigenvalue weighted by Gasteiger charge is -2.16. The Labute approximate surface area is 137 Å². The first-order valence-corrected chi connectivity index (χ1v) is 7.45. The molecule has 0 spiro atoms. The SMILES string of the molecule is Cc1ccc(C(N)C(=O)NCCCN2CCCC2=O)cc1.Cl. The average Bonchev–Trinajstić information content (AvgIpc) is 2.89. The summed E-state index contributed by atoms with van der Waals surface area (Å²) >= 11 is 0. The lowest BCUT2D eigenvalue weighted by atomic mass is 10.1. The van der Waals surface area contributed by atoms with E-state index in [0.29, 0.717) is 19.5 Å². The fourth-order valence-corrected chi connectivity index (χ4v) is 2.46. The van der Waals surface area contributed by atoms with Gasteiger partial charge in [0, 0.05) is 26.1 Å². The molecule has 1 unspecified atom stereocenters. The molecule has 5 nitrogen and oxygen atoms in total. The smallest absolute Gasteiger partial charge is 0.241 e. The van der Waals surface area contributed by atoms with Crippen molar-refractivity contribution in [2.75, 3.05) is 19.6 Å². The van der Waals surface area contributed by atoms with Crippen LogP contribution in [0.1, 0.15) is 36.4 Å². The second kappa shape index (κ2) is 8.76. The van der Waals surface area contributed by atoms with Gasteiger partial charge in [0.05, 0.1) is 0 Å². The highest BCUT2D eigenvalue weighted by molar-refractivity contribution is 5.85. The molecule has 1 saturated heterocycles. The molecule has 3 N–H and O–H groups in total. The summed E-state index contributed by atoms with van der Waals surface area (Å²) in [5.74, 6) is 0.0456. The molecule has 1 atom stereocenters. The zero-order valence-electron chi connectivity index (χ0n) is 12.9. The highest BCUT2D eigenvalue weighted by atomic mass is 35.5. The zero-order valence-corrected chi connectivity index (χ0v) is 13.7. The molecule has 1 aromatic rings. The van der Waals surface area contributed by atoms with E-state index in [1.165, 1.54) is 0 Å². The van der Waals surface area contributed by atoms with Gasteiger partial charge in [0.1, 0.15) is 6.04 Å². The molecule has 1 aliphatic rings. The molecule has 1 heterocycles. The fourth-order valence-electron chi connectivity index (χ4n) is 2.46. The number of aryl methyl sites for hydroxylation is 1. The molecule has 2 amide bonds. The summed E-state index contributed by atoms with van der Waals surface area (Å²) in [4.78, 5) is 25.3. The van der Waals surface area contributed by atoms with Gasteiger partial charge in [-0.1, -0.05) is 29.8 Å². The first kappa shape index (κ1) is 18.5. The van der Waals surface area contributed by atoms with Crippen molar-refractivity contribution in [3.05, 3.63) is 35.4 Å². The van der Waals surface area contributed by atoms with Crippen LogP contribution in [0.25, 0.3) is 0 Å². The number of halogens is 1. The molecule has 1 aliphatic heterocycles. The lowest BCUT2D eigenvalue weighted by Crippen LogP contribution is -2.36. The zero-order chi connectivity index (χ0) is 15.2. The van der Waals surface area contributed by atoms with Gasteiger partial charge < -0.3 is 16.0 Å². The summed E-state index contributed by atoms with van der Waals surface area (Å²) in [6.07, 6.45) is 2.37. The van der Waals surface area contributed by atoms with E-state index in [-0.39, 0.29) is 24.2 Å². The average molecular weight is 326 g/mol. The van der Waals surface area contributed by atoms with Gasteiger partial charge in [0.2, 0.25) is 11.8 Å². The van der Waals surface area contributed by atoms with Crippen LogP contribution in [-0.2, 0) is 9.59 Å². The molecule has 122 valence electrons. The number of benzene rings is 1. The topological polar surface area (TPSA) is 75.4 Å². The van der Waals surface area contributed by atoms with Crippen LogP contribution in [-0.4, -0.2) is 36.3 Å². The number of carbonyl (C=O) groups is 2. The standard InChI is InChI=1S/C16H23N3O2.ClH/c1-12-5-7-13(8-6-12)15(17)16(21)18-9-3-11-19-10-2-4-14(19)20;/h5-8,15H,2-4,9-11,17H2,1H3,(H,18,21);1H. The van der Waals surface area contributed by atoms with Crippen LogP contribution < -0.4 is 11.1 Å². The van der Waals surface area contributed by atoms with Crippen LogP contribution in [0.2, 0.25) is 0 Å². The minimum atomic E-state index is -0.640. The number of carbonyl (C=O) groups excluding carboxylic acids is 2. The number of hydrogen-bond acceptors (Lipinski definition) is 3. The van der Waals surface area contributed by atoms with E-state index >= 15 is 0 Å². The highest BCUT2D eigenvalue weighted by Gasteiger charge is 2.19. The Morgan fingerprint density at radius 3 is 2.64 bits per heavy atom. The number of nitrogens with two attached hydrogens (primary N) is 1. The van der Waals surface area contributed by atoms with Crippen molar-refractivity contribution in [1.82, 2.24) is 10.2 Å². The molecule has 22 heavy (non-hydrogen) atoms. The maximum Gasteiger partial charge on any atom is 0.241 e. The van der Waals surface area contributed by atoms with E-state index in [1.807, 2.05) is 36.1 Å². The van der Waals surface area contributed by atoms with E-state index in [2.05, 4.69) is 5.32 Å². The second-order valence-electron chi connectivity index (χ2n) is 5.52. The second-order valence-corrected chi connectivity index (χ2v) is 5.52. The number of rotatable bonds is 6. The number of amides is 2. The first-order chi connectivity index (χ1) is 10.1. The fraction of sp³-hybridized carbons (Fsp3) is 0.500. The van der Waals surface area contributed by atoms with Crippen LogP contribution in [0, 0.1) is 6.92 Å². The van der Waals surface area contributed by atoms with Crippen LogP contribution in [0.15, 0.2) is 24.3 Å². The van der Waals surface area contributed by atoms with Gasteiger partial charge in [-0.2, -0.15) is 0 Å². The Bertz CT molecular complexity index is 505. The summed E-state index contributed by atoms with van der Waals surface area (Å²) in [5, 5.41) is 2.83. The lowest BCUT2D eigenvalue weighted by molar-refractivity contribution is -0.127. The van der Waals surface area contributed by atoms with E-state index in [1.54, 1.807) is 0 Å². The molecule has 0 saturated carbocycles. The summed E-state index contributed by atoms with van der Waals surface area (Å²) in [5.41, 5.74) is 7.89. The Balaban J connectivity index is 0.00000242. The van der Waals surface area contributed by atoms with Crippen molar-refractivity contribution in [1.29, 1.82) is 0 Å². The van der Waals surface area contributed by atoms with Crippen molar-refractivity contribution in [2.24, 2.45) is 5.73 Å². The van der Waals surface area contributed by atoms with Crippen molar-refractivity contribution in [3.8, 4) is 0 Å². The van der Waals surface area contributed by atoms with Crippen LogP contribution in [0.3, 0.4) is 0 Å². The van der Waals surface area contributed by atoms with Gasteiger partial charge in [-0.3, -0.25) is 9.59 Å². The molecule has 6 heteroatoms. The third-order valence-corrected chi connectivity index (χ3v) is 3.79. The molecule has 2 rings (SSSR count). The van der Waals surface area contributed by atoms with Crippen LogP contribution in [0.4, 0.5) is 0 Å². The molecule has 0 aliphatic carbocycles. The van der Waals surface area contributed by atoms with E-state index in [4.69, 9.17) is 5.73 Å². The van der Waals surface area contributed by atoms with Crippen molar-refractivity contribution < 1.29 is 9.59 Å². The van der Waals surface area contributed by atoms with E-state index in [0.717, 1.165) is 30.5 Å². The minimum absolute atomic E-state index is 0. The number of nitrogens with zero attached hydrogens (tertiary/aromatic N) is 1. The highest BCUT2D eigenvalue weighted by Crippen LogP contribution is 2.12. The molecular formula is C16H24ClN3O2. The third kappa shape index (κ3) is 5.00. The Morgan fingerprint density at radius 2 is 2.05 bits per heavy atom. The van der Waals surface area contributed by atoms with E-state index in [9.17, 15) is 9.59 Å². The molecule has 1 fully saturated rings. The summed E-state index contributed by atoms with van der Waals surface area (Å²) in [6, 6.07) is 7.01. The number of hydrogen-bond donors (Lipinski definition) is 2. The monoisotopic (exact) mass is 325 g/mol. The molecular weight excluding hydrogens is 302 g/mol. The number of likely N-dealkylation sites (tertiary alicyclic amines) is 1. The van der Waals surface area contributed by atoms with Gasteiger partial charge in [-0.15, -0.1) is 12.4 Å². The van der Waals surface area contributed by atoms with Crippen molar-refractivity contribution in [2.45, 2.75) is 32.2 Å². The summed E-state index contributed by atoms with van der Waals surface area (Å²) < 4.78 is 0. The third-order valence-electron chi connectivity index (χ3n) is 3.79. The Kier molecular flexibility index (Phi) is 7.35. The van der Waals surface area contributed by atoms with Gasteiger partial charge >= 0.3 is 0 Å². The minimum Gasteiger partial charge on any atom is -0.354 e.